The summed E-state index contributed by atoms with van der Waals surface area (Å²) in [5.74, 6) is -0.527. The predicted octanol–water partition coefficient (Wildman–Crippen LogP) is 3.50. The van der Waals surface area contributed by atoms with Crippen molar-refractivity contribution >= 4 is 17.7 Å². The fourth-order valence-corrected chi connectivity index (χ4v) is 3.82. The lowest BCUT2D eigenvalue weighted by Gasteiger charge is -2.21. The minimum absolute atomic E-state index is 0.0288. The van der Waals surface area contributed by atoms with Crippen molar-refractivity contribution in [2.75, 3.05) is 13.1 Å². The predicted molar refractivity (Wildman–Crippen MR) is 101 cm³/mol. The number of likely N-dealkylation sites (tertiary alicyclic amines) is 1. The molecule has 1 fully saturated rings. The Morgan fingerprint density at radius 3 is 2.07 bits per heavy atom. The van der Waals surface area contributed by atoms with Gasteiger partial charge in [0.1, 0.15) is 0 Å². The van der Waals surface area contributed by atoms with Crippen LogP contribution < -0.4 is 0 Å². The highest BCUT2D eigenvalue weighted by atomic mass is 16.2. The molecule has 2 aromatic rings. The summed E-state index contributed by atoms with van der Waals surface area (Å²) in [5, 5.41) is 0. The molecule has 4 rings (SSSR count). The van der Waals surface area contributed by atoms with Crippen molar-refractivity contribution in [2.24, 2.45) is 0 Å². The third kappa shape index (κ3) is 3.37. The number of benzene rings is 2. The maximum Gasteiger partial charge on any atom is 0.261 e. The lowest BCUT2D eigenvalue weighted by Crippen LogP contribution is -2.32. The molecular formula is C22H22N2O3. The Morgan fingerprint density at radius 2 is 1.44 bits per heavy atom. The average Bonchev–Trinajstić information content (AvgIpc) is 2.91. The molecular weight excluding hydrogens is 340 g/mol. The Hall–Kier alpha value is -2.95. The first-order valence-electron chi connectivity index (χ1n) is 9.48. The van der Waals surface area contributed by atoms with Crippen LogP contribution in [0.1, 0.15) is 62.3 Å². The van der Waals surface area contributed by atoms with Gasteiger partial charge in [-0.2, -0.15) is 0 Å². The van der Waals surface area contributed by atoms with Gasteiger partial charge in [-0.1, -0.05) is 37.1 Å². The van der Waals surface area contributed by atoms with E-state index >= 15 is 0 Å². The highest BCUT2D eigenvalue weighted by Gasteiger charge is 2.35. The summed E-state index contributed by atoms with van der Waals surface area (Å²) in [6.07, 6.45) is 4.42. The Balaban J connectivity index is 1.53. The van der Waals surface area contributed by atoms with Crippen molar-refractivity contribution in [3.63, 3.8) is 0 Å². The molecule has 0 aromatic heterocycles. The van der Waals surface area contributed by atoms with Gasteiger partial charge >= 0.3 is 0 Å². The van der Waals surface area contributed by atoms with Gasteiger partial charge in [0, 0.05) is 18.7 Å². The summed E-state index contributed by atoms with van der Waals surface area (Å²) in [6, 6.07) is 14.1. The zero-order chi connectivity index (χ0) is 18.8. The number of carbonyl (C=O) groups is 3. The van der Waals surface area contributed by atoms with Crippen molar-refractivity contribution in [1.29, 1.82) is 0 Å². The molecule has 0 bridgehead atoms. The Bertz CT molecular complexity index is 863. The number of imide groups is 1. The van der Waals surface area contributed by atoms with Gasteiger partial charge < -0.3 is 4.90 Å². The van der Waals surface area contributed by atoms with E-state index in [1.54, 1.807) is 36.4 Å². The van der Waals surface area contributed by atoms with Crippen molar-refractivity contribution in [2.45, 2.75) is 32.2 Å². The van der Waals surface area contributed by atoms with Crippen molar-refractivity contribution in [3.05, 3.63) is 70.8 Å². The average molecular weight is 362 g/mol. The third-order valence-electron chi connectivity index (χ3n) is 5.29. The van der Waals surface area contributed by atoms with E-state index in [0.29, 0.717) is 16.7 Å². The van der Waals surface area contributed by atoms with Crippen molar-refractivity contribution < 1.29 is 14.4 Å². The number of hydrogen-bond acceptors (Lipinski definition) is 3. The Morgan fingerprint density at radius 1 is 0.815 bits per heavy atom. The standard InChI is InChI=1S/C22H22N2O3/c25-20(23-12-5-1-2-6-13-23)17-9-7-8-16(14-17)15-24-21(26)18-10-3-4-11-19(18)22(24)27/h3-4,7-11,14H,1-2,5-6,12-13,15H2. The van der Waals surface area contributed by atoms with E-state index < -0.39 is 0 Å². The van der Waals surface area contributed by atoms with Gasteiger partial charge in [0.05, 0.1) is 17.7 Å². The molecule has 27 heavy (non-hydrogen) atoms. The quantitative estimate of drug-likeness (QED) is 0.785. The molecule has 0 N–H and O–H groups in total. The fraction of sp³-hybridized carbons (Fsp3) is 0.318. The molecule has 0 radical (unpaired) electrons. The van der Waals surface area contributed by atoms with E-state index in [1.165, 1.54) is 17.7 Å². The first kappa shape index (κ1) is 17.5. The molecule has 3 amide bonds. The van der Waals surface area contributed by atoms with Gasteiger partial charge in [-0.05, 0) is 42.7 Å². The molecule has 2 aliphatic rings. The molecule has 0 aliphatic carbocycles. The van der Waals surface area contributed by atoms with Crippen LogP contribution in [-0.4, -0.2) is 40.6 Å². The largest absolute Gasteiger partial charge is 0.339 e. The topological polar surface area (TPSA) is 57.7 Å². The summed E-state index contributed by atoms with van der Waals surface area (Å²) < 4.78 is 0. The van der Waals surface area contributed by atoms with Crippen LogP contribution >= 0.6 is 0 Å². The molecule has 0 spiro atoms. The van der Waals surface area contributed by atoms with Gasteiger partial charge in [-0.3, -0.25) is 19.3 Å². The van der Waals surface area contributed by atoms with E-state index in [1.807, 2.05) is 17.0 Å². The maximum atomic E-state index is 12.8. The summed E-state index contributed by atoms with van der Waals surface area (Å²) in [6.45, 7) is 1.76. The molecule has 0 saturated carbocycles. The van der Waals surface area contributed by atoms with Gasteiger partial charge in [0.25, 0.3) is 17.7 Å². The molecule has 2 aromatic carbocycles. The molecule has 5 heteroatoms. The van der Waals surface area contributed by atoms with Gasteiger partial charge in [0.15, 0.2) is 0 Å². The minimum atomic E-state index is -0.278. The number of rotatable bonds is 3. The van der Waals surface area contributed by atoms with Crippen LogP contribution in [0.15, 0.2) is 48.5 Å². The van der Waals surface area contributed by atoms with Crippen LogP contribution in [0.5, 0.6) is 0 Å². The fourth-order valence-electron chi connectivity index (χ4n) is 3.82. The molecule has 0 atom stereocenters. The first-order chi connectivity index (χ1) is 13.1. The second-order valence-corrected chi connectivity index (χ2v) is 7.15. The monoisotopic (exact) mass is 362 g/mol. The number of nitrogens with zero attached hydrogens (tertiary/aromatic N) is 2. The number of carbonyl (C=O) groups excluding carboxylic acids is 3. The van der Waals surface area contributed by atoms with Crippen LogP contribution in [0.25, 0.3) is 0 Å². The zero-order valence-corrected chi connectivity index (χ0v) is 15.2. The van der Waals surface area contributed by atoms with E-state index in [-0.39, 0.29) is 24.3 Å². The first-order valence-corrected chi connectivity index (χ1v) is 9.48. The van der Waals surface area contributed by atoms with Gasteiger partial charge in [-0.25, -0.2) is 0 Å². The minimum Gasteiger partial charge on any atom is -0.339 e. The smallest absolute Gasteiger partial charge is 0.261 e. The molecule has 0 unspecified atom stereocenters. The van der Waals surface area contributed by atoms with E-state index in [4.69, 9.17) is 0 Å². The second-order valence-electron chi connectivity index (χ2n) is 7.15. The van der Waals surface area contributed by atoms with Crippen LogP contribution in [-0.2, 0) is 6.54 Å². The Labute approximate surface area is 158 Å². The van der Waals surface area contributed by atoms with Crippen LogP contribution in [0.3, 0.4) is 0 Å². The van der Waals surface area contributed by atoms with Crippen LogP contribution in [0.2, 0.25) is 0 Å². The summed E-state index contributed by atoms with van der Waals surface area (Å²) in [7, 11) is 0. The van der Waals surface area contributed by atoms with Crippen LogP contribution in [0.4, 0.5) is 0 Å². The highest BCUT2D eigenvalue weighted by Crippen LogP contribution is 2.24. The zero-order valence-electron chi connectivity index (χ0n) is 15.2. The summed E-state index contributed by atoms with van der Waals surface area (Å²) >= 11 is 0. The molecule has 2 heterocycles. The second kappa shape index (κ2) is 7.35. The SMILES string of the molecule is O=C(c1cccc(CN2C(=O)c3ccccc3C2=O)c1)N1CCCCCC1. The van der Waals surface area contributed by atoms with Gasteiger partial charge in [0.2, 0.25) is 0 Å². The molecule has 5 nitrogen and oxygen atoms in total. The highest BCUT2D eigenvalue weighted by molar-refractivity contribution is 6.21. The summed E-state index contributed by atoms with van der Waals surface area (Å²) in [4.78, 5) is 41.1. The lowest BCUT2D eigenvalue weighted by molar-refractivity contribution is 0.0642. The number of amides is 3. The lowest BCUT2D eigenvalue weighted by atomic mass is 10.1. The van der Waals surface area contributed by atoms with Crippen molar-refractivity contribution in [3.8, 4) is 0 Å². The summed E-state index contributed by atoms with van der Waals surface area (Å²) in [5.41, 5.74) is 2.29. The Kier molecular flexibility index (Phi) is 4.75. The number of fused-ring (bicyclic) bond motifs is 1. The van der Waals surface area contributed by atoms with E-state index in [2.05, 4.69) is 0 Å². The van der Waals surface area contributed by atoms with E-state index in [9.17, 15) is 14.4 Å². The normalized spacial score (nSPS) is 17.0. The van der Waals surface area contributed by atoms with Gasteiger partial charge in [-0.15, -0.1) is 0 Å². The molecule has 138 valence electrons. The molecule has 2 aliphatic heterocycles. The molecule has 1 saturated heterocycles. The maximum absolute atomic E-state index is 12.8. The number of hydrogen-bond donors (Lipinski definition) is 0. The van der Waals surface area contributed by atoms with Crippen molar-refractivity contribution in [1.82, 2.24) is 9.80 Å². The van der Waals surface area contributed by atoms with E-state index in [0.717, 1.165) is 31.5 Å². The third-order valence-corrected chi connectivity index (χ3v) is 5.29. The van der Waals surface area contributed by atoms with Crippen LogP contribution in [0, 0.1) is 0 Å².